The molecule has 0 saturated heterocycles. The number of aliphatic hydroxyl groups excluding tert-OH is 1. The molecule has 5 nitrogen and oxygen atoms in total. The van der Waals surface area contributed by atoms with Gasteiger partial charge in [-0.25, -0.2) is 0 Å². The number of carbonyl (C=O) groups is 2. The molecule has 0 spiro atoms. The number of aliphatic hydroxyl groups is 1. The lowest BCUT2D eigenvalue weighted by molar-refractivity contribution is -0.140. The van der Waals surface area contributed by atoms with E-state index in [2.05, 4.69) is 5.32 Å². The second kappa shape index (κ2) is 4.41. The van der Waals surface area contributed by atoms with Gasteiger partial charge in [0.05, 0.1) is 17.9 Å². The molecule has 2 atom stereocenters. The Balaban J connectivity index is 1.74. The summed E-state index contributed by atoms with van der Waals surface area (Å²) in [7, 11) is 0. The molecule has 2 fully saturated rings. The van der Waals surface area contributed by atoms with Crippen LogP contribution in [0.5, 0.6) is 0 Å². The third kappa shape index (κ3) is 2.52. The lowest BCUT2D eigenvalue weighted by Gasteiger charge is -2.26. The zero-order valence-corrected chi connectivity index (χ0v) is 9.06. The van der Waals surface area contributed by atoms with E-state index in [1.54, 1.807) is 0 Å². The van der Waals surface area contributed by atoms with Crippen molar-refractivity contribution in [2.75, 3.05) is 0 Å². The maximum Gasteiger partial charge on any atom is 0.307 e. The van der Waals surface area contributed by atoms with Gasteiger partial charge in [-0.2, -0.15) is 0 Å². The highest BCUT2D eigenvalue weighted by atomic mass is 16.4. The third-order valence-corrected chi connectivity index (χ3v) is 3.49. The summed E-state index contributed by atoms with van der Waals surface area (Å²) in [6, 6.07) is 0.117. The minimum atomic E-state index is -0.876. The average molecular weight is 227 g/mol. The van der Waals surface area contributed by atoms with Gasteiger partial charge < -0.3 is 15.5 Å². The summed E-state index contributed by atoms with van der Waals surface area (Å²) in [6.07, 6.45) is 3.25. The molecule has 0 aromatic rings. The van der Waals surface area contributed by atoms with Crippen molar-refractivity contribution in [2.45, 2.75) is 44.2 Å². The quantitative estimate of drug-likeness (QED) is 0.639. The van der Waals surface area contributed by atoms with Gasteiger partial charge in [0, 0.05) is 6.04 Å². The molecule has 2 unspecified atom stereocenters. The number of carboxylic acids is 1. The van der Waals surface area contributed by atoms with E-state index in [0.29, 0.717) is 6.42 Å². The fraction of sp³-hybridized carbons (Fsp3) is 0.818. The normalized spacial score (nSPS) is 37.8. The molecule has 0 aromatic heterocycles. The van der Waals surface area contributed by atoms with Gasteiger partial charge in [0.1, 0.15) is 0 Å². The molecule has 0 bridgehead atoms. The van der Waals surface area contributed by atoms with Crippen molar-refractivity contribution in [1.29, 1.82) is 0 Å². The topological polar surface area (TPSA) is 86.6 Å². The van der Waals surface area contributed by atoms with Crippen LogP contribution in [0.2, 0.25) is 0 Å². The van der Waals surface area contributed by atoms with Crippen LogP contribution in [-0.2, 0) is 9.59 Å². The van der Waals surface area contributed by atoms with E-state index in [-0.39, 0.29) is 24.0 Å². The van der Waals surface area contributed by atoms with Crippen LogP contribution < -0.4 is 5.32 Å². The number of hydrogen-bond donors (Lipinski definition) is 3. The van der Waals surface area contributed by atoms with Gasteiger partial charge in [0.2, 0.25) is 5.91 Å². The predicted molar refractivity (Wildman–Crippen MR) is 55.6 cm³/mol. The molecular weight excluding hydrogens is 210 g/mol. The van der Waals surface area contributed by atoms with Crippen molar-refractivity contribution in [2.24, 2.45) is 11.8 Å². The second-order valence-electron chi connectivity index (χ2n) is 4.80. The molecular formula is C11H17NO4. The van der Waals surface area contributed by atoms with Crippen LogP contribution in [0.3, 0.4) is 0 Å². The Kier molecular flexibility index (Phi) is 3.14. The Hall–Kier alpha value is -1.10. The third-order valence-electron chi connectivity index (χ3n) is 3.49. The van der Waals surface area contributed by atoms with E-state index in [1.165, 1.54) is 0 Å². The highest BCUT2D eigenvalue weighted by Crippen LogP contribution is 2.39. The summed E-state index contributed by atoms with van der Waals surface area (Å²) in [5.74, 6) is -1.81. The molecule has 2 aliphatic rings. The summed E-state index contributed by atoms with van der Waals surface area (Å²) in [4.78, 5) is 22.2. The van der Waals surface area contributed by atoms with Crippen LogP contribution in [-0.4, -0.2) is 34.2 Å². The highest BCUT2D eigenvalue weighted by molar-refractivity contribution is 5.89. The van der Waals surface area contributed by atoms with Gasteiger partial charge in [-0.05, 0) is 32.1 Å². The molecule has 2 saturated carbocycles. The average Bonchev–Trinajstić information content (AvgIpc) is 3.01. The van der Waals surface area contributed by atoms with Crippen molar-refractivity contribution in [3.05, 3.63) is 0 Å². The Morgan fingerprint density at radius 1 is 1.06 bits per heavy atom. The largest absolute Gasteiger partial charge is 0.481 e. The Labute approximate surface area is 93.8 Å². The summed E-state index contributed by atoms with van der Waals surface area (Å²) >= 11 is 0. The van der Waals surface area contributed by atoms with Gasteiger partial charge in [0.15, 0.2) is 0 Å². The molecule has 0 aromatic carbocycles. The van der Waals surface area contributed by atoms with Crippen molar-refractivity contribution >= 4 is 11.9 Å². The van der Waals surface area contributed by atoms with E-state index in [9.17, 15) is 14.7 Å². The fourth-order valence-electron chi connectivity index (χ4n) is 2.29. The van der Waals surface area contributed by atoms with Gasteiger partial charge in [-0.1, -0.05) is 0 Å². The van der Waals surface area contributed by atoms with Crippen molar-refractivity contribution in [3.8, 4) is 0 Å². The number of carboxylic acid groups (broad SMARTS) is 1. The van der Waals surface area contributed by atoms with Crippen molar-refractivity contribution in [3.63, 3.8) is 0 Å². The van der Waals surface area contributed by atoms with Crippen LogP contribution in [0.4, 0.5) is 0 Å². The fourth-order valence-corrected chi connectivity index (χ4v) is 2.29. The molecule has 90 valence electrons. The highest BCUT2D eigenvalue weighted by Gasteiger charge is 2.48. The van der Waals surface area contributed by atoms with Crippen LogP contribution in [0.1, 0.15) is 32.1 Å². The first-order chi connectivity index (χ1) is 7.58. The van der Waals surface area contributed by atoms with E-state index in [1.807, 2.05) is 0 Å². The van der Waals surface area contributed by atoms with Crippen LogP contribution in [0, 0.1) is 11.8 Å². The maximum absolute atomic E-state index is 11.6. The molecule has 5 heteroatoms. The molecule has 2 aliphatic carbocycles. The Morgan fingerprint density at radius 3 is 2.19 bits per heavy atom. The molecule has 0 heterocycles. The summed E-state index contributed by atoms with van der Waals surface area (Å²) in [6.45, 7) is 0. The van der Waals surface area contributed by atoms with Gasteiger partial charge in [-0.15, -0.1) is 0 Å². The van der Waals surface area contributed by atoms with E-state index in [4.69, 9.17) is 5.11 Å². The van der Waals surface area contributed by atoms with Crippen molar-refractivity contribution < 1.29 is 19.8 Å². The lowest BCUT2D eigenvalue weighted by Crippen LogP contribution is -2.39. The smallest absolute Gasteiger partial charge is 0.307 e. The molecule has 16 heavy (non-hydrogen) atoms. The van der Waals surface area contributed by atoms with E-state index >= 15 is 0 Å². The Morgan fingerprint density at radius 2 is 1.69 bits per heavy atom. The number of carbonyl (C=O) groups excluding carboxylic acids is 1. The van der Waals surface area contributed by atoms with Crippen molar-refractivity contribution in [1.82, 2.24) is 5.32 Å². The van der Waals surface area contributed by atoms with E-state index in [0.717, 1.165) is 25.7 Å². The molecule has 3 N–H and O–H groups in total. The monoisotopic (exact) mass is 227 g/mol. The first-order valence-electron chi connectivity index (χ1n) is 5.79. The number of rotatable bonds is 3. The number of nitrogens with one attached hydrogen (secondary N) is 1. The van der Waals surface area contributed by atoms with Gasteiger partial charge >= 0.3 is 5.97 Å². The van der Waals surface area contributed by atoms with E-state index < -0.39 is 11.9 Å². The van der Waals surface area contributed by atoms with Crippen LogP contribution in [0.15, 0.2) is 0 Å². The van der Waals surface area contributed by atoms with Gasteiger partial charge in [-0.3, -0.25) is 9.59 Å². The molecule has 2 rings (SSSR count). The van der Waals surface area contributed by atoms with Gasteiger partial charge in [0.25, 0.3) is 0 Å². The molecule has 0 aliphatic heterocycles. The zero-order chi connectivity index (χ0) is 11.7. The first-order valence-corrected chi connectivity index (χ1v) is 5.79. The SMILES string of the molecule is O=C(O)C1CC1C(=O)NC1CCC(O)CC1. The van der Waals surface area contributed by atoms with Crippen LogP contribution >= 0.6 is 0 Å². The molecule has 1 amide bonds. The summed E-state index contributed by atoms with van der Waals surface area (Å²) in [5, 5.41) is 20.9. The molecule has 0 radical (unpaired) electrons. The zero-order valence-electron chi connectivity index (χ0n) is 9.06. The Bertz CT molecular complexity index is 296. The maximum atomic E-state index is 11.6. The van der Waals surface area contributed by atoms with Crippen LogP contribution in [0.25, 0.3) is 0 Å². The standard InChI is InChI=1S/C11H17NO4/c13-7-3-1-6(2-4-7)12-10(14)8-5-9(8)11(15)16/h6-9,13H,1-5H2,(H,12,14)(H,15,16). The first kappa shape index (κ1) is 11.4. The minimum absolute atomic E-state index is 0.117. The minimum Gasteiger partial charge on any atom is -0.481 e. The number of aliphatic carboxylic acids is 1. The number of hydrogen-bond acceptors (Lipinski definition) is 3. The second-order valence-corrected chi connectivity index (χ2v) is 4.80. The lowest BCUT2D eigenvalue weighted by atomic mass is 9.93. The number of amides is 1. The predicted octanol–water partition coefficient (Wildman–Crippen LogP) is 0.127. The summed E-state index contributed by atoms with van der Waals surface area (Å²) in [5.41, 5.74) is 0. The summed E-state index contributed by atoms with van der Waals surface area (Å²) < 4.78 is 0.